The first-order valence-corrected chi connectivity index (χ1v) is 17.1. The lowest BCUT2D eigenvalue weighted by molar-refractivity contribution is -0.160. The second-order valence-corrected chi connectivity index (χ2v) is 13.9. The van der Waals surface area contributed by atoms with Crippen molar-refractivity contribution in [2.45, 2.75) is 85.6 Å². The van der Waals surface area contributed by atoms with E-state index in [4.69, 9.17) is 18.9 Å². The molecule has 0 fully saturated rings. The molecule has 3 aliphatic heterocycles. The quantitative estimate of drug-likeness (QED) is 0.0572. The molecule has 0 saturated carbocycles. The molecule has 0 unspecified atom stereocenters. The first-order chi connectivity index (χ1) is 24.8. The van der Waals surface area contributed by atoms with Crippen molar-refractivity contribution >= 4 is 40.3 Å². The molecule has 5 rings (SSSR count). The number of fused-ring (bicyclic) bond motifs is 14. The summed E-state index contributed by atoms with van der Waals surface area (Å²) in [6, 6.07) is 0. The van der Waals surface area contributed by atoms with Gasteiger partial charge in [-0.05, 0) is 19.9 Å². The Hall–Kier alpha value is -5.12. The number of carbonyl (C=O) groups excluding carboxylic acids is 3. The summed E-state index contributed by atoms with van der Waals surface area (Å²) in [5.41, 5.74) is -0.978. The molecular weight excluding hydrogens is 692 g/mol. The first kappa shape index (κ1) is 40.6. The number of nitrogens with one attached hydrogen (secondary N) is 1. The molecule has 0 radical (unpaired) electrons. The molecule has 15 heteroatoms. The third-order valence-corrected chi connectivity index (χ3v) is 10.2. The monoisotopic (exact) mass is 740 g/mol. The number of ether oxygens (including phenoxy) is 4. The van der Waals surface area contributed by atoms with Gasteiger partial charge in [0.15, 0.2) is 5.75 Å². The van der Waals surface area contributed by atoms with Crippen LogP contribution in [0.5, 0.6) is 23.0 Å². The molecule has 3 aliphatic rings. The van der Waals surface area contributed by atoms with Gasteiger partial charge in [0.2, 0.25) is 0 Å². The van der Waals surface area contributed by atoms with Crippen molar-refractivity contribution in [3.05, 3.63) is 52.8 Å². The zero-order valence-corrected chi connectivity index (χ0v) is 31.1. The van der Waals surface area contributed by atoms with Crippen LogP contribution >= 0.6 is 0 Å². The number of amides is 1. The SMILES string of the molecule is CO[C@H]1C=CO[C@@]2(C)Oc3c(C)c(O)c4c(O)c(c(/C=N/O)c(O)c4c3C2=O)NC(=O)/C(C)=C\C=C/[C@H](C)[C@H](O)[C@@H](C)[C@@H](O)[C@@H](C)[C@H](OC(C)=O)[C@@H]1C. The summed E-state index contributed by atoms with van der Waals surface area (Å²) < 4.78 is 23.2. The van der Waals surface area contributed by atoms with Gasteiger partial charge in [-0.2, -0.15) is 0 Å². The van der Waals surface area contributed by atoms with E-state index in [1.165, 1.54) is 53.0 Å². The van der Waals surface area contributed by atoms with Crippen LogP contribution in [-0.4, -0.2) is 91.9 Å². The Balaban J connectivity index is 1.95. The van der Waals surface area contributed by atoms with E-state index in [0.29, 0.717) is 0 Å². The number of rotatable bonds is 3. The number of carbonyl (C=O) groups is 3. The molecule has 0 aromatic heterocycles. The van der Waals surface area contributed by atoms with E-state index in [1.54, 1.807) is 33.8 Å². The number of anilines is 1. The molecule has 3 heterocycles. The van der Waals surface area contributed by atoms with Gasteiger partial charge in [-0.15, -0.1) is 0 Å². The minimum Gasteiger partial charge on any atom is -0.507 e. The average molecular weight is 741 g/mol. The van der Waals surface area contributed by atoms with Crippen LogP contribution in [0.1, 0.15) is 70.0 Å². The van der Waals surface area contributed by atoms with E-state index in [-0.39, 0.29) is 27.8 Å². The van der Waals surface area contributed by atoms with Crippen molar-refractivity contribution in [1.82, 2.24) is 0 Å². The zero-order valence-electron chi connectivity index (χ0n) is 31.1. The molecule has 7 N–H and O–H groups in total. The summed E-state index contributed by atoms with van der Waals surface area (Å²) in [7, 11) is 1.41. The number of phenols is 3. The third kappa shape index (κ3) is 7.54. The first-order valence-electron chi connectivity index (χ1n) is 17.1. The molecule has 2 aromatic rings. The van der Waals surface area contributed by atoms with E-state index >= 15 is 0 Å². The highest BCUT2D eigenvalue weighted by molar-refractivity contribution is 6.23. The van der Waals surface area contributed by atoms with Crippen molar-refractivity contribution in [2.24, 2.45) is 28.8 Å². The minimum atomic E-state index is -2.07. The number of aromatic hydroxyl groups is 3. The predicted molar refractivity (Wildman–Crippen MR) is 193 cm³/mol. The number of aliphatic hydroxyl groups excluding tert-OH is 2. The molecule has 288 valence electrons. The molecular formula is C38H48N2O13. The number of ketones is 1. The number of hydrogen-bond acceptors (Lipinski definition) is 14. The molecule has 9 atom stereocenters. The Bertz CT molecular complexity index is 1900. The molecule has 5 bridgehead atoms. The van der Waals surface area contributed by atoms with Crippen LogP contribution in [0.15, 0.2) is 41.3 Å². The van der Waals surface area contributed by atoms with Crippen LogP contribution < -0.4 is 10.1 Å². The number of benzene rings is 2. The number of hydrogen-bond donors (Lipinski definition) is 7. The van der Waals surface area contributed by atoms with Crippen LogP contribution in [0.3, 0.4) is 0 Å². The van der Waals surface area contributed by atoms with E-state index in [2.05, 4.69) is 10.5 Å². The van der Waals surface area contributed by atoms with Crippen LogP contribution in [0, 0.1) is 30.6 Å². The van der Waals surface area contributed by atoms with Crippen LogP contribution in [0.4, 0.5) is 5.69 Å². The van der Waals surface area contributed by atoms with Crippen molar-refractivity contribution in [2.75, 3.05) is 12.4 Å². The fourth-order valence-corrected chi connectivity index (χ4v) is 6.93. The van der Waals surface area contributed by atoms with Gasteiger partial charge in [-0.25, -0.2) is 0 Å². The molecule has 53 heavy (non-hydrogen) atoms. The lowest BCUT2D eigenvalue weighted by atomic mass is 9.78. The second-order valence-electron chi connectivity index (χ2n) is 13.9. The van der Waals surface area contributed by atoms with E-state index in [9.17, 15) is 45.1 Å². The Morgan fingerprint density at radius 3 is 2.23 bits per heavy atom. The predicted octanol–water partition coefficient (Wildman–Crippen LogP) is 4.56. The second kappa shape index (κ2) is 15.9. The summed E-state index contributed by atoms with van der Waals surface area (Å²) in [6.07, 6.45) is 4.01. The third-order valence-electron chi connectivity index (χ3n) is 10.2. The standard InChI is InChI=1S/C38H48N2O13/c1-16-11-10-12-17(2)37(48)40-28-23(15-39-49)32(45)25-26(33(28)46)31(44)21(6)35-27(25)36(47)38(8,53-35)51-14-13-24(50-9)18(3)34(52-22(7)41)20(5)30(43)19(4)29(16)42/h10-16,18-20,24,29-30,34,42-46,49H,1-9H3,(H,40,48)/b11-10-,14-13?,17-12-,39-15+/t16-,18+,19+,20+,24-,29-,30+,34+,38-/m0/s1. The van der Waals surface area contributed by atoms with Gasteiger partial charge >= 0.3 is 11.8 Å². The molecule has 15 nitrogen and oxygen atoms in total. The Kier molecular flexibility index (Phi) is 12.2. The molecule has 0 aliphatic carbocycles. The van der Waals surface area contributed by atoms with Crippen molar-refractivity contribution in [1.29, 1.82) is 0 Å². The Morgan fingerprint density at radius 2 is 1.62 bits per heavy atom. The zero-order chi connectivity index (χ0) is 39.7. The largest absolute Gasteiger partial charge is 0.507 e. The Morgan fingerprint density at radius 1 is 0.962 bits per heavy atom. The van der Waals surface area contributed by atoms with Crippen molar-refractivity contribution in [3.63, 3.8) is 0 Å². The summed E-state index contributed by atoms with van der Waals surface area (Å²) in [5.74, 6) is -9.00. The van der Waals surface area contributed by atoms with Gasteiger partial charge in [0, 0.05) is 61.2 Å². The number of Topliss-reactive ketones (excluding diaryl/α,β-unsaturated/α-hetero) is 1. The van der Waals surface area contributed by atoms with Gasteiger partial charge in [-0.3, -0.25) is 14.4 Å². The average Bonchev–Trinajstić information content (AvgIpc) is 3.38. The maximum absolute atomic E-state index is 14.1. The highest BCUT2D eigenvalue weighted by Crippen LogP contribution is 2.55. The Labute approximate surface area is 306 Å². The summed E-state index contributed by atoms with van der Waals surface area (Å²) in [6.45, 7) is 12.2. The van der Waals surface area contributed by atoms with Gasteiger partial charge in [0.1, 0.15) is 23.4 Å². The molecule has 0 saturated heterocycles. The van der Waals surface area contributed by atoms with Crippen molar-refractivity contribution < 1.29 is 64.1 Å². The number of nitrogens with zero attached hydrogens (tertiary/aromatic N) is 1. The van der Waals surface area contributed by atoms with Crippen LogP contribution in [0.25, 0.3) is 10.8 Å². The summed E-state index contributed by atoms with van der Waals surface area (Å²) in [4.78, 5) is 39.7. The topological polar surface area (TPSA) is 234 Å². The number of methoxy groups -OCH3 is 1. The minimum absolute atomic E-state index is 0.00476. The molecule has 0 spiro atoms. The highest BCUT2D eigenvalue weighted by atomic mass is 16.7. The maximum atomic E-state index is 14.1. The van der Waals surface area contributed by atoms with E-state index in [1.807, 2.05) is 0 Å². The maximum Gasteiger partial charge on any atom is 0.312 e. The smallest absolute Gasteiger partial charge is 0.312 e. The van der Waals surface area contributed by atoms with Crippen molar-refractivity contribution in [3.8, 4) is 23.0 Å². The molecule has 1 amide bonds. The fraction of sp³-hybridized carbons (Fsp3) is 0.474. The fourth-order valence-electron chi connectivity index (χ4n) is 6.93. The van der Waals surface area contributed by atoms with Crippen LogP contribution in [-0.2, 0) is 23.8 Å². The van der Waals surface area contributed by atoms with Crippen LogP contribution in [0.2, 0.25) is 0 Å². The van der Waals surface area contributed by atoms with Gasteiger partial charge < -0.3 is 55.0 Å². The van der Waals surface area contributed by atoms with Gasteiger partial charge in [0.25, 0.3) is 11.7 Å². The lowest BCUT2D eigenvalue weighted by Crippen LogP contribution is -2.46. The number of phenolic OH excluding ortho intramolecular Hbond substituents is 3. The van der Waals surface area contributed by atoms with Gasteiger partial charge in [0.05, 0.1) is 53.0 Å². The number of aliphatic hydroxyl groups is 2. The normalized spacial score (nSPS) is 31.6. The number of oxime groups is 1. The molecule has 2 aromatic carbocycles. The lowest BCUT2D eigenvalue weighted by Gasteiger charge is -2.38. The number of esters is 1. The highest BCUT2D eigenvalue weighted by Gasteiger charge is 2.50. The van der Waals surface area contributed by atoms with E-state index in [0.717, 1.165) is 12.5 Å². The summed E-state index contributed by atoms with van der Waals surface area (Å²) >= 11 is 0. The van der Waals surface area contributed by atoms with Gasteiger partial charge in [-0.1, -0.05) is 51.1 Å². The van der Waals surface area contributed by atoms with E-state index < -0.39 is 105 Å². The summed E-state index contributed by atoms with van der Waals surface area (Å²) in [5, 5.41) is 71.2. The number of allylic oxidation sites excluding steroid dienone is 2.